The first-order chi connectivity index (χ1) is 9.49. The molecule has 0 aliphatic carbocycles. The summed E-state index contributed by atoms with van der Waals surface area (Å²) < 4.78 is 29.6. The summed E-state index contributed by atoms with van der Waals surface area (Å²) >= 11 is 0. The highest BCUT2D eigenvalue weighted by atomic mass is 32.2. The number of nitrogens with zero attached hydrogens (tertiary/aromatic N) is 1. The Kier molecular flexibility index (Phi) is 6.98. The van der Waals surface area contributed by atoms with Crippen molar-refractivity contribution in [2.75, 3.05) is 33.0 Å². The Labute approximate surface area is 122 Å². The maximum atomic E-state index is 11.4. The van der Waals surface area contributed by atoms with E-state index >= 15 is 0 Å². The Hall–Kier alpha value is -1.11. The van der Waals surface area contributed by atoms with Crippen molar-refractivity contribution in [2.24, 2.45) is 0 Å². The maximum absolute atomic E-state index is 11.4. The smallest absolute Gasteiger partial charge is 0.211 e. The molecule has 20 heavy (non-hydrogen) atoms. The van der Waals surface area contributed by atoms with Crippen LogP contribution in [0.15, 0.2) is 24.3 Å². The van der Waals surface area contributed by atoms with Crippen LogP contribution in [0.3, 0.4) is 0 Å². The van der Waals surface area contributed by atoms with E-state index in [0.717, 1.165) is 30.8 Å². The zero-order valence-electron chi connectivity index (χ0n) is 12.4. The number of ether oxygens (including phenoxy) is 1. The maximum Gasteiger partial charge on any atom is 0.211 e. The Morgan fingerprint density at radius 1 is 1.30 bits per heavy atom. The largest absolute Gasteiger partial charge is 0.496 e. The number of benzene rings is 1. The lowest BCUT2D eigenvalue weighted by Gasteiger charge is -2.17. The topological polar surface area (TPSA) is 58.6 Å². The summed E-state index contributed by atoms with van der Waals surface area (Å²) in [6.45, 7) is 4.40. The van der Waals surface area contributed by atoms with Gasteiger partial charge in [0.05, 0.1) is 13.4 Å². The monoisotopic (exact) mass is 300 g/mol. The molecule has 0 aliphatic rings. The fraction of sp³-hybridized carbons (Fsp3) is 0.571. The fourth-order valence-corrected chi connectivity index (χ4v) is 2.94. The second kappa shape index (κ2) is 8.24. The quantitative estimate of drug-likeness (QED) is 0.701. The standard InChI is InChI=1S/C14H24N2O3S/c1-4-16(20(3,17)18)11-7-10-15-12-13-8-5-6-9-14(13)19-2/h5-6,8-9,15H,4,7,10-12H2,1-3H3. The van der Waals surface area contributed by atoms with Crippen LogP contribution in [0.2, 0.25) is 0 Å². The van der Waals surface area contributed by atoms with Gasteiger partial charge in [-0.3, -0.25) is 0 Å². The van der Waals surface area contributed by atoms with Crippen molar-refractivity contribution in [2.45, 2.75) is 19.9 Å². The van der Waals surface area contributed by atoms with Gasteiger partial charge in [-0.1, -0.05) is 25.1 Å². The molecule has 0 fully saturated rings. The molecule has 0 heterocycles. The van der Waals surface area contributed by atoms with Crippen LogP contribution >= 0.6 is 0 Å². The molecule has 0 aliphatic heterocycles. The molecule has 0 saturated carbocycles. The molecule has 0 unspecified atom stereocenters. The van der Waals surface area contributed by atoms with Gasteiger partial charge in [0.2, 0.25) is 10.0 Å². The first-order valence-corrected chi connectivity index (χ1v) is 8.61. The molecular formula is C14H24N2O3S. The average molecular weight is 300 g/mol. The van der Waals surface area contributed by atoms with Gasteiger partial charge in [-0.25, -0.2) is 12.7 Å². The highest BCUT2D eigenvalue weighted by molar-refractivity contribution is 7.88. The fourth-order valence-electron chi connectivity index (χ4n) is 2.01. The third kappa shape index (κ3) is 5.48. The van der Waals surface area contributed by atoms with Crippen molar-refractivity contribution in [1.29, 1.82) is 0 Å². The van der Waals surface area contributed by atoms with Gasteiger partial charge in [-0.15, -0.1) is 0 Å². The van der Waals surface area contributed by atoms with Crippen molar-refractivity contribution in [3.05, 3.63) is 29.8 Å². The number of rotatable bonds is 9. The zero-order chi connectivity index (χ0) is 15.0. The van der Waals surface area contributed by atoms with Crippen molar-refractivity contribution < 1.29 is 13.2 Å². The Morgan fingerprint density at radius 2 is 2.00 bits per heavy atom. The molecule has 0 radical (unpaired) electrons. The molecule has 114 valence electrons. The van der Waals surface area contributed by atoms with Crippen LogP contribution < -0.4 is 10.1 Å². The molecule has 1 aromatic carbocycles. The van der Waals surface area contributed by atoms with Gasteiger partial charge in [0, 0.05) is 25.2 Å². The molecule has 0 bridgehead atoms. The molecule has 0 spiro atoms. The normalized spacial score (nSPS) is 11.8. The second-order valence-corrected chi connectivity index (χ2v) is 6.58. The number of methoxy groups -OCH3 is 1. The van der Waals surface area contributed by atoms with Crippen LogP contribution in [0.1, 0.15) is 18.9 Å². The minimum atomic E-state index is -3.08. The number of para-hydroxylation sites is 1. The minimum absolute atomic E-state index is 0.519. The van der Waals surface area contributed by atoms with E-state index in [4.69, 9.17) is 4.74 Å². The Bertz CT molecular complexity index is 503. The van der Waals surface area contributed by atoms with Crippen LogP contribution in [0.4, 0.5) is 0 Å². The van der Waals surface area contributed by atoms with Gasteiger partial charge in [0.15, 0.2) is 0 Å². The molecule has 0 saturated heterocycles. The Balaban J connectivity index is 2.32. The minimum Gasteiger partial charge on any atom is -0.496 e. The van der Waals surface area contributed by atoms with E-state index in [0.29, 0.717) is 13.1 Å². The summed E-state index contributed by atoms with van der Waals surface area (Å²) in [4.78, 5) is 0. The third-order valence-electron chi connectivity index (χ3n) is 3.09. The van der Waals surface area contributed by atoms with E-state index < -0.39 is 10.0 Å². The average Bonchev–Trinajstić information content (AvgIpc) is 2.41. The third-order valence-corrected chi connectivity index (χ3v) is 4.47. The van der Waals surface area contributed by atoms with Gasteiger partial charge >= 0.3 is 0 Å². The Morgan fingerprint density at radius 3 is 2.60 bits per heavy atom. The van der Waals surface area contributed by atoms with E-state index in [2.05, 4.69) is 5.32 Å². The van der Waals surface area contributed by atoms with Gasteiger partial charge in [0.1, 0.15) is 5.75 Å². The SMILES string of the molecule is CCN(CCCNCc1ccccc1OC)S(C)(=O)=O. The molecule has 6 heteroatoms. The highest BCUT2D eigenvalue weighted by Crippen LogP contribution is 2.16. The molecule has 1 N–H and O–H groups in total. The van der Waals surface area contributed by atoms with Gasteiger partial charge in [-0.2, -0.15) is 0 Å². The predicted octanol–water partition coefficient (Wildman–Crippen LogP) is 1.46. The van der Waals surface area contributed by atoms with E-state index in [-0.39, 0.29) is 0 Å². The first kappa shape index (κ1) is 16.9. The van der Waals surface area contributed by atoms with Crippen molar-refractivity contribution >= 4 is 10.0 Å². The van der Waals surface area contributed by atoms with Crippen LogP contribution in [-0.2, 0) is 16.6 Å². The molecule has 0 amide bonds. The molecule has 1 rings (SSSR count). The lowest BCUT2D eigenvalue weighted by atomic mass is 10.2. The second-order valence-electron chi connectivity index (χ2n) is 4.60. The van der Waals surface area contributed by atoms with Gasteiger partial charge in [0.25, 0.3) is 0 Å². The summed E-state index contributed by atoms with van der Waals surface area (Å²) in [6.07, 6.45) is 2.04. The summed E-state index contributed by atoms with van der Waals surface area (Å²) in [7, 11) is -1.42. The van der Waals surface area contributed by atoms with Crippen molar-refractivity contribution in [3.63, 3.8) is 0 Å². The number of nitrogens with one attached hydrogen (secondary N) is 1. The van der Waals surface area contributed by atoms with E-state index in [1.54, 1.807) is 7.11 Å². The van der Waals surface area contributed by atoms with Crippen LogP contribution in [-0.4, -0.2) is 45.7 Å². The summed E-state index contributed by atoms with van der Waals surface area (Å²) in [5, 5.41) is 3.31. The number of hydrogen-bond acceptors (Lipinski definition) is 4. The van der Waals surface area contributed by atoms with Crippen molar-refractivity contribution in [3.8, 4) is 5.75 Å². The lowest BCUT2D eigenvalue weighted by molar-refractivity contribution is 0.404. The van der Waals surface area contributed by atoms with Gasteiger partial charge in [-0.05, 0) is 19.0 Å². The van der Waals surface area contributed by atoms with E-state index in [9.17, 15) is 8.42 Å². The predicted molar refractivity (Wildman–Crippen MR) is 81.4 cm³/mol. The van der Waals surface area contributed by atoms with Gasteiger partial charge < -0.3 is 10.1 Å². The summed E-state index contributed by atoms with van der Waals surface area (Å²) in [6, 6.07) is 7.86. The molecule has 1 aromatic rings. The molecule has 5 nitrogen and oxygen atoms in total. The van der Waals surface area contributed by atoms with Crippen LogP contribution in [0.25, 0.3) is 0 Å². The lowest BCUT2D eigenvalue weighted by Crippen LogP contribution is -2.32. The van der Waals surface area contributed by atoms with Crippen LogP contribution in [0, 0.1) is 0 Å². The zero-order valence-corrected chi connectivity index (χ0v) is 13.2. The van der Waals surface area contributed by atoms with Crippen LogP contribution in [0.5, 0.6) is 5.75 Å². The molecule has 0 aromatic heterocycles. The molecular weight excluding hydrogens is 276 g/mol. The summed E-state index contributed by atoms with van der Waals surface area (Å²) in [5.74, 6) is 0.867. The first-order valence-electron chi connectivity index (χ1n) is 6.76. The van der Waals surface area contributed by atoms with E-state index in [1.807, 2.05) is 31.2 Å². The number of hydrogen-bond donors (Lipinski definition) is 1. The highest BCUT2D eigenvalue weighted by Gasteiger charge is 2.12. The number of sulfonamides is 1. The summed E-state index contributed by atoms with van der Waals surface area (Å²) in [5.41, 5.74) is 1.10. The van der Waals surface area contributed by atoms with E-state index in [1.165, 1.54) is 10.6 Å². The van der Waals surface area contributed by atoms with Crippen molar-refractivity contribution in [1.82, 2.24) is 9.62 Å². The molecule has 0 atom stereocenters.